The minimum Gasteiger partial charge on any atom is -0.345 e. The zero-order valence-electron chi connectivity index (χ0n) is 20.8. The van der Waals surface area contributed by atoms with E-state index in [1.807, 2.05) is 103 Å². The van der Waals surface area contributed by atoms with E-state index < -0.39 is 5.54 Å². The highest BCUT2D eigenvalue weighted by Crippen LogP contribution is 2.36. The smallest absolute Gasteiger partial charge is 0.264 e. The number of rotatable bonds is 6. The van der Waals surface area contributed by atoms with Crippen LogP contribution in [-0.2, 0) is 16.9 Å². The van der Waals surface area contributed by atoms with Crippen molar-refractivity contribution >= 4 is 17.8 Å². The van der Waals surface area contributed by atoms with Gasteiger partial charge in [0.05, 0.1) is 6.54 Å². The Kier molecular flexibility index (Phi) is 6.32. The fraction of sp³-hybridized carbons (Fsp3) is 0.129. The van der Waals surface area contributed by atoms with Gasteiger partial charge in [0.25, 0.3) is 11.8 Å². The largest absolute Gasteiger partial charge is 0.345 e. The number of carbonyl (C=O) groups is 2. The predicted molar refractivity (Wildman–Crippen MR) is 145 cm³/mol. The normalized spacial score (nSPS) is 14.4. The van der Waals surface area contributed by atoms with Crippen molar-refractivity contribution in [1.82, 2.24) is 15.1 Å². The average molecular weight is 489 g/mol. The second-order valence-corrected chi connectivity index (χ2v) is 9.33. The molecule has 1 fully saturated rings. The maximum Gasteiger partial charge on any atom is 0.264 e. The molecule has 1 aliphatic heterocycles. The van der Waals surface area contributed by atoms with Gasteiger partial charge in [0.15, 0.2) is 11.5 Å². The number of nitrogens with one attached hydrogen (secondary N) is 2. The van der Waals surface area contributed by atoms with Crippen molar-refractivity contribution in [3.05, 3.63) is 131 Å². The highest BCUT2D eigenvalue weighted by atomic mass is 16.2. The van der Waals surface area contributed by atoms with E-state index in [-0.39, 0.29) is 24.3 Å². The van der Waals surface area contributed by atoms with Crippen LogP contribution in [0.25, 0.3) is 11.1 Å². The van der Waals surface area contributed by atoms with Gasteiger partial charge in [-0.1, -0.05) is 91.0 Å². The molecule has 0 unspecified atom stereocenters. The van der Waals surface area contributed by atoms with E-state index in [9.17, 15) is 9.59 Å². The van der Waals surface area contributed by atoms with Gasteiger partial charge < -0.3 is 10.2 Å². The number of hydrogen-bond donors (Lipinski definition) is 2. The Morgan fingerprint density at radius 1 is 0.811 bits per heavy atom. The highest BCUT2D eigenvalue weighted by molar-refractivity contribution is 6.10. The van der Waals surface area contributed by atoms with Crippen molar-refractivity contribution in [2.45, 2.75) is 12.1 Å². The van der Waals surface area contributed by atoms with Crippen LogP contribution < -0.4 is 5.32 Å². The molecule has 2 N–H and O–H groups in total. The third kappa shape index (κ3) is 4.38. The van der Waals surface area contributed by atoms with E-state index in [1.165, 1.54) is 4.90 Å². The van der Waals surface area contributed by atoms with Gasteiger partial charge in [-0.2, -0.15) is 0 Å². The second-order valence-electron chi connectivity index (χ2n) is 9.33. The van der Waals surface area contributed by atoms with Gasteiger partial charge in [0.1, 0.15) is 0 Å². The minimum absolute atomic E-state index is 0.0571. The molecule has 1 heterocycles. The minimum atomic E-state index is -1.17. The summed E-state index contributed by atoms with van der Waals surface area (Å²) in [5, 5.41) is 11.9. The molecule has 4 aromatic carbocycles. The summed E-state index contributed by atoms with van der Waals surface area (Å²) < 4.78 is 0. The predicted octanol–water partition coefficient (Wildman–Crippen LogP) is 4.87. The SMILES string of the molecule is CN(C)C(=O)c1cccc(-c2cccc(CN3C(=N)NC(c4ccccc4)(c4ccccc4)C3=O)c2)c1. The molecular weight excluding hydrogens is 460 g/mol. The Balaban J connectivity index is 1.48. The Hall–Kier alpha value is -4.71. The fourth-order valence-corrected chi connectivity index (χ4v) is 4.81. The van der Waals surface area contributed by atoms with Gasteiger partial charge in [-0.3, -0.25) is 19.9 Å². The van der Waals surface area contributed by atoms with Crippen molar-refractivity contribution in [2.75, 3.05) is 14.1 Å². The molecule has 0 atom stereocenters. The molecule has 0 aliphatic carbocycles. The van der Waals surface area contributed by atoms with Crippen LogP contribution in [-0.4, -0.2) is 41.7 Å². The molecule has 0 spiro atoms. The molecule has 2 amide bonds. The maximum absolute atomic E-state index is 14.1. The molecule has 4 aromatic rings. The number of amides is 2. The summed E-state index contributed by atoms with van der Waals surface area (Å²) in [4.78, 5) is 29.6. The summed E-state index contributed by atoms with van der Waals surface area (Å²) in [6.45, 7) is 0.246. The van der Waals surface area contributed by atoms with Crippen LogP contribution in [0.5, 0.6) is 0 Å². The molecule has 37 heavy (non-hydrogen) atoms. The van der Waals surface area contributed by atoms with E-state index in [2.05, 4.69) is 5.32 Å². The number of hydrogen-bond acceptors (Lipinski definition) is 3. The Morgan fingerprint density at radius 2 is 1.38 bits per heavy atom. The van der Waals surface area contributed by atoms with E-state index in [0.29, 0.717) is 5.56 Å². The zero-order valence-corrected chi connectivity index (χ0v) is 20.8. The van der Waals surface area contributed by atoms with Crippen LogP contribution in [0.2, 0.25) is 0 Å². The standard InChI is InChI=1S/C31H28N4O2/c1-34(2)28(36)25-14-10-13-24(20-25)23-12-9-11-22(19-23)21-35-29(37)31(33-30(35)32,26-15-5-3-6-16-26)27-17-7-4-8-18-27/h3-20H,21H2,1-2H3,(H2,32,33). The van der Waals surface area contributed by atoms with Crippen LogP contribution in [0.3, 0.4) is 0 Å². The first-order chi connectivity index (χ1) is 17.9. The molecular formula is C31H28N4O2. The lowest BCUT2D eigenvalue weighted by Crippen LogP contribution is -2.45. The van der Waals surface area contributed by atoms with Crippen LogP contribution in [0.4, 0.5) is 0 Å². The summed E-state index contributed by atoms with van der Waals surface area (Å²) in [5.41, 5.74) is 3.76. The summed E-state index contributed by atoms with van der Waals surface area (Å²) >= 11 is 0. The quantitative estimate of drug-likeness (QED) is 0.407. The van der Waals surface area contributed by atoms with Crippen molar-refractivity contribution in [2.24, 2.45) is 0 Å². The number of guanidine groups is 1. The topological polar surface area (TPSA) is 76.5 Å². The van der Waals surface area contributed by atoms with E-state index in [4.69, 9.17) is 5.41 Å². The van der Waals surface area contributed by atoms with E-state index >= 15 is 0 Å². The fourth-order valence-electron chi connectivity index (χ4n) is 4.81. The molecule has 1 saturated heterocycles. The van der Waals surface area contributed by atoms with Crippen LogP contribution in [0.15, 0.2) is 109 Å². The van der Waals surface area contributed by atoms with Crippen LogP contribution >= 0.6 is 0 Å². The van der Waals surface area contributed by atoms with E-state index in [1.54, 1.807) is 25.1 Å². The number of carbonyl (C=O) groups excluding carboxylic acids is 2. The lowest BCUT2D eigenvalue weighted by atomic mass is 9.82. The second kappa shape index (κ2) is 9.74. The first-order valence-corrected chi connectivity index (χ1v) is 12.1. The molecule has 0 aromatic heterocycles. The van der Waals surface area contributed by atoms with Crippen LogP contribution in [0.1, 0.15) is 27.0 Å². The molecule has 1 aliphatic rings. The van der Waals surface area contributed by atoms with Gasteiger partial charge in [-0.25, -0.2) is 0 Å². The molecule has 184 valence electrons. The molecule has 0 bridgehead atoms. The third-order valence-corrected chi connectivity index (χ3v) is 6.67. The Bertz CT molecular complexity index is 1430. The Morgan fingerprint density at radius 3 is 1.97 bits per heavy atom. The summed E-state index contributed by atoms with van der Waals surface area (Å²) in [5.74, 6) is -0.195. The highest BCUT2D eigenvalue weighted by Gasteiger charge is 2.52. The van der Waals surface area contributed by atoms with Gasteiger partial charge in [-0.05, 0) is 46.0 Å². The molecule has 6 heteroatoms. The number of nitrogens with zero attached hydrogens (tertiary/aromatic N) is 2. The molecule has 0 radical (unpaired) electrons. The average Bonchev–Trinajstić information content (AvgIpc) is 3.19. The maximum atomic E-state index is 14.1. The monoisotopic (exact) mass is 488 g/mol. The molecule has 0 saturated carbocycles. The van der Waals surface area contributed by atoms with Crippen molar-refractivity contribution in [3.8, 4) is 11.1 Å². The molecule has 5 rings (SSSR count). The van der Waals surface area contributed by atoms with E-state index in [0.717, 1.165) is 27.8 Å². The van der Waals surface area contributed by atoms with Gasteiger partial charge >= 0.3 is 0 Å². The van der Waals surface area contributed by atoms with Crippen LogP contribution in [0, 0.1) is 5.41 Å². The summed E-state index contributed by atoms with van der Waals surface area (Å²) in [7, 11) is 3.47. The van der Waals surface area contributed by atoms with Crippen molar-refractivity contribution < 1.29 is 9.59 Å². The number of benzene rings is 4. The Labute approximate surface area is 216 Å². The first-order valence-electron chi connectivity index (χ1n) is 12.1. The van der Waals surface area contributed by atoms with Crippen molar-refractivity contribution in [3.63, 3.8) is 0 Å². The lowest BCUT2D eigenvalue weighted by Gasteiger charge is -2.28. The lowest BCUT2D eigenvalue weighted by molar-refractivity contribution is -0.130. The zero-order chi connectivity index (χ0) is 26.0. The van der Waals surface area contributed by atoms with Gasteiger partial charge in [0, 0.05) is 19.7 Å². The summed E-state index contributed by atoms with van der Waals surface area (Å²) in [6, 6.07) is 34.5. The summed E-state index contributed by atoms with van der Waals surface area (Å²) in [6.07, 6.45) is 0. The van der Waals surface area contributed by atoms with Gasteiger partial charge in [0.2, 0.25) is 0 Å². The van der Waals surface area contributed by atoms with Crippen molar-refractivity contribution in [1.29, 1.82) is 5.41 Å². The van der Waals surface area contributed by atoms with Gasteiger partial charge in [-0.15, -0.1) is 0 Å². The first kappa shape index (κ1) is 24.0. The third-order valence-electron chi connectivity index (χ3n) is 6.67. The molecule has 6 nitrogen and oxygen atoms in total.